The van der Waals surface area contributed by atoms with Crippen molar-refractivity contribution in [2.24, 2.45) is 5.92 Å². The van der Waals surface area contributed by atoms with E-state index in [1.54, 1.807) is 0 Å². The Hall–Kier alpha value is 0.760. The van der Waals surface area contributed by atoms with Crippen LogP contribution in [0.4, 0.5) is 0 Å². The predicted molar refractivity (Wildman–Crippen MR) is 79.3 cm³/mol. The molecule has 0 N–H and O–H groups in total. The maximum atomic E-state index is 6.19. The second kappa shape index (κ2) is 7.25. The topological polar surface area (TPSA) is 0 Å². The molecule has 4 heteroatoms. The Bertz CT molecular complexity index is 319. The number of hydrogen-bond donors (Lipinski definition) is 0. The van der Waals surface area contributed by atoms with Crippen LogP contribution >= 0.6 is 50.5 Å². The molecule has 0 bridgehead atoms. The molecule has 0 aliphatic rings. The molecule has 0 aliphatic heterocycles. The second-order valence-corrected chi connectivity index (χ2v) is 7.29. The van der Waals surface area contributed by atoms with Crippen molar-refractivity contribution in [3.63, 3.8) is 0 Å². The van der Waals surface area contributed by atoms with Crippen LogP contribution in [-0.2, 0) is 0 Å². The summed E-state index contributed by atoms with van der Waals surface area (Å²) in [5.74, 6) is 0.651. The highest BCUT2D eigenvalue weighted by Gasteiger charge is 2.22. The quantitative estimate of drug-likeness (QED) is 0.503. The van der Waals surface area contributed by atoms with Crippen LogP contribution in [0.25, 0.3) is 0 Å². The predicted octanol–water partition coefficient (Wildman–Crippen LogP) is 6.71. The minimum Gasteiger partial charge on any atom is -0.111 e. The van der Waals surface area contributed by atoms with Gasteiger partial charge in [-0.3, -0.25) is 0 Å². The molecule has 0 radical (unpaired) electrons. The van der Waals surface area contributed by atoms with Crippen molar-refractivity contribution in [3.05, 3.63) is 20.3 Å². The van der Waals surface area contributed by atoms with Gasteiger partial charge in [-0.2, -0.15) is 0 Å². The van der Waals surface area contributed by atoms with E-state index in [1.807, 2.05) is 6.07 Å². The van der Waals surface area contributed by atoms with Gasteiger partial charge in [0, 0.05) is 4.83 Å². The molecule has 1 atom stereocenters. The Labute approximate surface area is 120 Å². The molecule has 0 spiro atoms. The third-order valence-electron chi connectivity index (χ3n) is 2.71. The SMILES string of the molecule is CCCC(CCC)C(Br)c1cc(Cl)sc1Cl. The summed E-state index contributed by atoms with van der Waals surface area (Å²) in [5, 5.41) is 0. The molecule has 0 fully saturated rings. The molecule has 1 heterocycles. The van der Waals surface area contributed by atoms with Gasteiger partial charge in [0.1, 0.15) is 0 Å². The van der Waals surface area contributed by atoms with Crippen molar-refractivity contribution in [2.75, 3.05) is 0 Å². The monoisotopic (exact) mass is 342 g/mol. The normalized spacial score (nSPS) is 13.4. The zero-order valence-electron chi connectivity index (χ0n) is 9.60. The molecule has 92 valence electrons. The smallest absolute Gasteiger partial charge is 0.0987 e. The summed E-state index contributed by atoms with van der Waals surface area (Å²) in [5.41, 5.74) is 1.16. The lowest BCUT2D eigenvalue weighted by Gasteiger charge is -2.21. The van der Waals surface area contributed by atoms with Crippen LogP contribution in [0.2, 0.25) is 8.67 Å². The van der Waals surface area contributed by atoms with E-state index in [9.17, 15) is 0 Å². The summed E-state index contributed by atoms with van der Waals surface area (Å²) in [7, 11) is 0. The van der Waals surface area contributed by atoms with Gasteiger partial charge in [0.15, 0.2) is 0 Å². The maximum Gasteiger partial charge on any atom is 0.0987 e. The van der Waals surface area contributed by atoms with Crippen LogP contribution in [0.3, 0.4) is 0 Å². The first-order valence-electron chi connectivity index (χ1n) is 5.68. The standard InChI is InChI=1S/C12H17BrCl2S/c1-3-5-8(6-4-2)11(13)9-7-10(14)16-12(9)15/h7-8,11H,3-6H2,1-2H3. The molecular weight excluding hydrogens is 327 g/mol. The Balaban J connectivity index is 2.80. The highest BCUT2D eigenvalue weighted by Crippen LogP contribution is 2.44. The molecule has 1 unspecified atom stereocenters. The van der Waals surface area contributed by atoms with E-state index in [0.717, 1.165) is 14.2 Å². The average molecular weight is 344 g/mol. The minimum atomic E-state index is 0.337. The van der Waals surface area contributed by atoms with Gasteiger partial charge >= 0.3 is 0 Å². The fraction of sp³-hybridized carbons (Fsp3) is 0.667. The molecule has 16 heavy (non-hydrogen) atoms. The first kappa shape index (κ1) is 14.8. The van der Waals surface area contributed by atoms with Gasteiger partial charge in [-0.1, -0.05) is 65.8 Å². The van der Waals surface area contributed by atoms with E-state index < -0.39 is 0 Å². The van der Waals surface area contributed by atoms with Crippen LogP contribution in [0.1, 0.15) is 49.9 Å². The van der Waals surface area contributed by atoms with E-state index in [1.165, 1.54) is 37.0 Å². The van der Waals surface area contributed by atoms with Crippen LogP contribution in [-0.4, -0.2) is 0 Å². The van der Waals surface area contributed by atoms with Crippen molar-refractivity contribution < 1.29 is 0 Å². The van der Waals surface area contributed by atoms with Gasteiger partial charge in [0.2, 0.25) is 0 Å². The van der Waals surface area contributed by atoms with Crippen LogP contribution in [0.15, 0.2) is 6.07 Å². The number of rotatable bonds is 6. The fourth-order valence-electron chi connectivity index (χ4n) is 1.97. The number of alkyl halides is 1. The summed E-state index contributed by atoms with van der Waals surface area (Å²) in [6.45, 7) is 4.45. The Kier molecular flexibility index (Phi) is 6.72. The molecule has 1 rings (SSSR count). The van der Waals surface area contributed by atoms with Gasteiger partial charge in [-0.15, -0.1) is 11.3 Å². The zero-order chi connectivity index (χ0) is 12.1. The Morgan fingerprint density at radius 3 is 2.19 bits per heavy atom. The largest absolute Gasteiger partial charge is 0.111 e. The van der Waals surface area contributed by atoms with Crippen molar-refractivity contribution in [2.45, 2.75) is 44.4 Å². The van der Waals surface area contributed by atoms with E-state index in [-0.39, 0.29) is 0 Å². The summed E-state index contributed by atoms with van der Waals surface area (Å²) in [4.78, 5) is 0.337. The van der Waals surface area contributed by atoms with Gasteiger partial charge < -0.3 is 0 Å². The van der Waals surface area contributed by atoms with Gasteiger partial charge in [0.25, 0.3) is 0 Å². The molecular formula is C12H17BrCl2S. The second-order valence-electron chi connectivity index (χ2n) is 4.02. The summed E-state index contributed by atoms with van der Waals surface area (Å²) in [6.07, 6.45) is 4.88. The fourth-order valence-corrected chi connectivity index (χ4v) is 4.70. The van der Waals surface area contributed by atoms with Crippen molar-refractivity contribution in [3.8, 4) is 0 Å². The molecule has 0 aliphatic carbocycles. The summed E-state index contributed by atoms with van der Waals surface area (Å²) >= 11 is 17.4. The Morgan fingerprint density at radius 2 is 1.81 bits per heavy atom. The summed E-state index contributed by atoms with van der Waals surface area (Å²) in [6, 6.07) is 1.99. The van der Waals surface area contributed by atoms with Crippen LogP contribution in [0.5, 0.6) is 0 Å². The van der Waals surface area contributed by atoms with Gasteiger partial charge in [-0.25, -0.2) is 0 Å². The molecule has 0 nitrogen and oxygen atoms in total. The molecule has 0 saturated heterocycles. The lowest BCUT2D eigenvalue weighted by Crippen LogP contribution is -2.07. The Morgan fingerprint density at radius 1 is 1.25 bits per heavy atom. The number of hydrogen-bond acceptors (Lipinski definition) is 1. The maximum absolute atomic E-state index is 6.19. The van der Waals surface area contributed by atoms with Crippen LogP contribution < -0.4 is 0 Å². The van der Waals surface area contributed by atoms with E-state index in [2.05, 4.69) is 29.8 Å². The van der Waals surface area contributed by atoms with Crippen molar-refractivity contribution in [1.29, 1.82) is 0 Å². The molecule has 0 amide bonds. The van der Waals surface area contributed by atoms with Gasteiger partial charge in [0.05, 0.1) is 8.67 Å². The third-order valence-corrected chi connectivity index (χ3v) is 5.47. The zero-order valence-corrected chi connectivity index (χ0v) is 13.5. The molecule has 0 aromatic carbocycles. The highest BCUT2D eigenvalue weighted by atomic mass is 79.9. The minimum absolute atomic E-state index is 0.337. The van der Waals surface area contributed by atoms with Crippen molar-refractivity contribution in [1.82, 2.24) is 0 Å². The average Bonchev–Trinajstić information content (AvgIpc) is 2.56. The number of halogens is 3. The molecule has 1 aromatic heterocycles. The van der Waals surface area contributed by atoms with E-state index in [0.29, 0.717) is 10.7 Å². The van der Waals surface area contributed by atoms with E-state index in [4.69, 9.17) is 23.2 Å². The highest BCUT2D eigenvalue weighted by molar-refractivity contribution is 9.09. The first-order valence-corrected chi connectivity index (χ1v) is 8.17. The third kappa shape index (κ3) is 3.90. The lowest BCUT2D eigenvalue weighted by molar-refractivity contribution is 0.435. The van der Waals surface area contributed by atoms with E-state index >= 15 is 0 Å². The molecule has 1 aromatic rings. The van der Waals surface area contributed by atoms with Crippen LogP contribution in [0, 0.1) is 5.92 Å². The lowest BCUT2D eigenvalue weighted by atomic mass is 9.92. The first-order chi connectivity index (χ1) is 7.60. The van der Waals surface area contributed by atoms with Gasteiger partial charge in [-0.05, 0) is 30.4 Å². The summed E-state index contributed by atoms with van der Waals surface area (Å²) < 4.78 is 1.60. The molecule has 0 saturated carbocycles. The van der Waals surface area contributed by atoms with Crippen molar-refractivity contribution >= 4 is 50.5 Å². The number of thiophene rings is 1.